The van der Waals surface area contributed by atoms with Crippen molar-refractivity contribution in [1.29, 1.82) is 0 Å². The largest absolute Gasteiger partial charge is 0.0838 e. The molecule has 0 aromatic heterocycles. The van der Waals surface area contributed by atoms with E-state index in [4.69, 9.17) is 0 Å². The highest BCUT2D eigenvalue weighted by atomic mass is 79.9. The van der Waals surface area contributed by atoms with E-state index in [0.29, 0.717) is 10.2 Å². The van der Waals surface area contributed by atoms with Crippen molar-refractivity contribution >= 4 is 15.9 Å². The number of rotatable bonds is 0. The maximum atomic E-state index is 3.78. The van der Waals surface area contributed by atoms with E-state index in [1.54, 1.807) is 5.56 Å². The fourth-order valence-corrected chi connectivity index (χ4v) is 4.00. The molecule has 0 spiro atoms. The molecular formula is C13H17Br. The van der Waals surface area contributed by atoms with Crippen molar-refractivity contribution in [2.75, 3.05) is 0 Å². The van der Waals surface area contributed by atoms with Crippen LogP contribution in [0.5, 0.6) is 0 Å². The zero-order valence-electron chi connectivity index (χ0n) is 9.32. The van der Waals surface area contributed by atoms with Crippen LogP contribution in [-0.2, 0) is 5.41 Å². The quantitative estimate of drug-likeness (QED) is 0.600. The lowest BCUT2D eigenvalue weighted by atomic mass is 9.83. The van der Waals surface area contributed by atoms with E-state index >= 15 is 0 Å². The molecule has 0 bridgehead atoms. The molecule has 1 heteroatoms. The van der Waals surface area contributed by atoms with E-state index in [0.717, 1.165) is 0 Å². The van der Waals surface area contributed by atoms with Gasteiger partial charge in [0, 0.05) is 4.83 Å². The third-order valence-corrected chi connectivity index (χ3v) is 4.03. The van der Waals surface area contributed by atoms with Gasteiger partial charge in [-0.3, -0.25) is 0 Å². The molecule has 0 radical (unpaired) electrons. The maximum Gasteiger partial charge on any atom is 0.0406 e. The number of hydrogen-bond donors (Lipinski definition) is 0. The number of aryl methyl sites for hydroxylation is 2. The van der Waals surface area contributed by atoms with Gasteiger partial charge in [0.2, 0.25) is 0 Å². The van der Waals surface area contributed by atoms with Gasteiger partial charge in [-0.2, -0.15) is 0 Å². The normalized spacial score (nSPS) is 23.6. The predicted octanol–water partition coefficient (Wildman–Crippen LogP) is 4.42. The molecule has 1 aliphatic rings. The Hall–Kier alpha value is -0.300. The molecule has 76 valence electrons. The molecule has 0 fully saturated rings. The Labute approximate surface area is 94.8 Å². The van der Waals surface area contributed by atoms with Crippen molar-refractivity contribution in [2.24, 2.45) is 0 Å². The highest BCUT2D eigenvalue weighted by molar-refractivity contribution is 9.09. The molecule has 0 N–H and O–H groups in total. The Morgan fingerprint density at radius 3 is 2.57 bits per heavy atom. The van der Waals surface area contributed by atoms with Gasteiger partial charge < -0.3 is 0 Å². The van der Waals surface area contributed by atoms with Crippen LogP contribution in [-0.4, -0.2) is 0 Å². The maximum absolute atomic E-state index is 3.78. The standard InChI is InChI=1S/C13H17Br/c1-8-5-9(2)12-10(6-8)11(14)7-13(12,3)4/h5-6,11H,7H2,1-4H3. The highest BCUT2D eigenvalue weighted by Gasteiger charge is 2.36. The van der Waals surface area contributed by atoms with E-state index < -0.39 is 0 Å². The monoisotopic (exact) mass is 252 g/mol. The smallest absolute Gasteiger partial charge is 0.0406 e. The van der Waals surface area contributed by atoms with Crippen LogP contribution in [0.25, 0.3) is 0 Å². The second-order valence-electron chi connectivity index (χ2n) is 5.10. The summed E-state index contributed by atoms with van der Waals surface area (Å²) in [4.78, 5) is 0.547. The zero-order valence-corrected chi connectivity index (χ0v) is 10.9. The van der Waals surface area contributed by atoms with Gasteiger partial charge in [-0.1, -0.05) is 47.5 Å². The van der Waals surface area contributed by atoms with E-state index in [2.05, 4.69) is 55.8 Å². The molecule has 1 aromatic carbocycles. The minimum absolute atomic E-state index is 0.335. The van der Waals surface area contributed by atoms with E-state index in [9.17, 15) is 0 Å². The molecule has 0 nitrogen and oxygen atoms in total. The fraction of sp³-hybridized carbons (Fsp3) is 0.538. The second-order valence-corrected chi connectivity index (χ2v) is 6.21. The van der Waals surface area contributed by atoms with Crippen LogP contribution >= 0.6 is 15.9 Å². The van der Waals surface area contributed by atoms with Crippen LogP contribution in [0.1, 0.15) is 47.3 Å². The van der Waals surface area contributed by atoms with Gasteiger partial charge in [-0.05, 0) is 42.4 Å². The summed E-state index contributed by atoms with van der Waals surface area (Å²) >= 11 is 3.78. The number of fused-ring (bicyclic) bond motifs is 1. The first-order chi connectivity index (χ1) is 6.42. The third kappa shape index (κ3) is 1.42. The molecule has 1 atom stereocenters. The predicted molar refractivity (Wildman–Crippen MR) is 65.2 cm³/mol. The van der Waals surface area contributed by atoms with Crippen LogP contribution in [0.2, 0.25) is 0 Å². The fourth-order valence-electron chi connectivity index (χ4n) is 2.83. The molecule has 0 saturated heterocycles. The Morgan fingerprint density at radius 2 is 1.93 bits per heavy atom. The Morgan fingerprint density at radius 1 is 1.29 bits per heavy atom. The summed E-state index contributed by atoms with van der Waals surface area (Å²) in [5.74, 6) is 0. The zero-order chi connectivity index (χ0) is 10.5. The van der Waals surface area contributed by atoms with Crippen molar-refractivity contribution in [2.45, 2.75) is 44.4 Å². The van der Waals surface area contributed by atoms with Crippen molar-refractivity contribution in [3.63, 3.8) is 0 Å². The Kier molecular flexibility index (Phi) is 2.26. The second kappa shape index (κ2) is 3.10. The third-order valence-electron chi connectivity index (χ3n) is 3.21. The summed E-state index contributed by atoms with van der Waals surface area (Å²) in [5, 5.41) is 0. The summed E-state index contributed by atoms with van der Waals surface area (Å²) < 4.78 is 0. The highest BCUT2D eigenvalue weighted by Crippen LogP contribution is 2.50. The van der Waals surface area contributed by atoms with Crippen LogP contribution in [0.3, 0.4) is 0 Å². The van der Waals surface area contributed by atoms with Gasteiger partial charge in [0.15, 0.2) is 0 Å². The Balaban J connectivity index is 2.69. The van der Waals surface area contributed by atoms with Gasteiger partial charge in [-0.15, -0.1) is 0 Å². The summed E-state index contributed by atoms with van der Waals surface area (Å²) in [7, 11) is 0. The first-order valence-corrected chi connectivity index (χ1v) is 6.09. The lowest BCUT2D eigenvalue weighted by molar-refractivity contribution is 0.518. The van der Waals surface area contributed by atoms with E-state index in [-0.39, 0.29) is 0 Å². The molecule has 2 rings (SSSR count). The molecule has 0 aliphatic heterocycles. The van der Waals surface area contributed by atoms with Gasteiger partial charge in [0.25, 0.3) is 0 Å². The van der Waals surface area contributed by atoms with Crippen LogP contribution in [0.15, 0.2) is 12.1 Å². The summed E-state index contributed by atoms with van der Waals surface area (Å²) in [6, 6.07) is 4.63. The lowest BCUT2D eigenvalue weighted by Crippen LogP contribution is -2.13. The molecule has 1 unspecified atom stereocenters. The van der Waals surface area contributed by atoms with Crippen LogP contribution in [0, 0.1) is 13.8 Å². The minimum Gasteiger partial charge on any atom is -0.0838 e. The minimum atomic E-state index is 0.335. The van der Waals surface area contributed by atoms with Gasteiger partial charge >= 0.3 is 0 Å². The average molecular weight is 253 g/mol. The molecule has 0 amide bonds. The summed E-state index contributed by atoms with van der Waals surface area (Å²) in [6.07, 6.45) is 1.21. The number of hydrogen-bond acceptors (Lipinski definition) is 0. The number of alkyl halides is 1. The summed E-state index contributed by atoms with van der Waals surface area (Å²) in [6.45, 7) is 9.10. The van der Waals surface area contributed by atoms with Crippen LogP contribution in [0.4, 0.5) is 0 Å². The number of benzene rings is 1. The summed E-state index contributed by atoms with van der Waals surface area (Å²) in [5.41, 5.74) is 6.23. The molecular weight excluding hydrogens is 236 g/mol. The molecule has 0 heterocycles. The van der Waals surface area contributed by atoms with Gasteiger partial charge in [0.05, 0.1) is 0 Å². The first-order valence-electron chi connectivity index (χ1n) is 5.17. The Bertz CT molecular complexity index is 377. The SMILES string of the molecule is Cc1cc(C)c2c(c1)C(Br)CC2(C)C. The van der Waals surface area contributed by atoms with Crippen molar-refractivity contribution < 1.29 is 0 Å². The lowest BCUT2D eigenvalue weighted by Gasteiger charge is -2.21. The van der Waals surface area contributed by atoms with Crippen molar-refractivity contribution in [3.05, 3.63) is 34.4 Å². The molecule has 1 aromatic rings. The van der Waals surface area contributed by atoms with Gasteiger partial charge in [-0.25, -0.2) is 0 Å². The van der Waals surface area contributed by atoms with E-state index in [1.165, 1.54) is 23.1 Å². The number of halogens is 1. The molecule has 14 heavy (non-hydrogen) atoms. The van der Waals surface area contributed by atoms with E-state index in [1.807, 2.05) is 0 Å². The molecule has 0 saturated carbocycles. The average Bonchev–Trinajstić information content (AvgIpc) is 2.21. The van der Waals surface area contributed by atoms with Crippen molar-refractivity contribution in [3.8, 4) is 0 Å². The van der Waals surface area contributed by atoms with Crippen molar-refractivity contribution in [1.82, 2.24) is 0 Å². The first kappa shape index (κ1) is 10.2. The van der Waals surface area contributed by atoms with Gasteiger partial charge in [0.1, 0.15) is 0 Å². The molecule has 1 aliphatic carbocycles. The van der Waals surface area contributed by atoms with Crippen LogP contribution < -0.4 is 0 Å². The topological polar surface area (TPSA) is 0 Å².